The number of hydrogen-bond acceptors (Lipinski definition) is 3. The maximum Gasteiger partial charge on any atom is 0.224 e. The largest absolute Gasteiger partial charge is 0.390 e. The molecule has 0 bridgehead atoms. The fraction of sp³-hybridized carbons (Fsp3) is 0.917. The molecular weight excluding hydrogens is 206 g/mol. The van der Waals surface area contributed by atoms with Gasteiger partial charge in [0.2, 0.25) is 5.91 Å². The van der Waals surface area contributed by atoms with Gasteiger partial charge in [-0.2, -0.15) is 0 Å². The molecule has 1 fully saturated rings. The van der Waals surface area contributed by atoms with Crippen molar-refractivity contribution in [1.29, 1.82) is 0 Å². The van der Waals surface area contributed by atoms with Gasteiger partial charge in [-0.25, -0.2) is 0 Å². The summed E-state index contributed by atoms with van der Waals surface area (Å²) in [5, 5.41) is 9.87. The molecule has 0 spiro atoms. The summed E-state index contributed by atoms with van der Waals surface area (Å²) in [6.45, 7) is 8.13. The summed E-state index contributed by atoms with van der Waals surface area (Å²) in [5.74, 6) is 0.337. The van der Waals surface area contributed by atoms with Gasteiger partial charge in [-0.05, 0) is 27.2 Å². The molecule has 4 nitrogen and oxygen atoms in total. The Labute approximate surface area is 97.6 Å². The molecule has 0 aromatic rings. The molecule has 16 heavy (non-hydrogen) atoms. The van der Waals surface area contributed by atoms with E-state index in [4.69, 9.17) is 4.74 Å². The highest BCUT2D eigenvalue weighted by Gasteiger charge is 2.34. The van der Waals surface area contributed by atoms with Crippen molar-refractivity contribution in [2.45, 2.75) is 39.2 Å². The summed E-state index contributed by atoms with van der Waals surface area (Å²) >= 11 is 0. The third-order valence-corrected chi connectivity index (χ3v) is 3.20. The van der Waals surface area contributed by atoms with Gasteiger partial charge in [0.1, 0.15) is 0 Å². The van der Waals surface area contributed by atoms with Crippen molar-refractivity contribution in [2.75, 3.05) is 26.3 Å². The van der Waals surface area contributed by atoms with Crippen LogP contribution in [0.3, 0.4) is 0 Å². The minimum atomic E-state index is -0.686. The lowest BCUT2D eigenvalue weighted by molar-refractivity contribution is -0.131. The van der Waals surface area contributed by atoms with Crippen LogP contribution < -0.4 is 0 Å². The van der Waals surface area contributed by atoms with Crippen LogP contribution in [0.25, 0.3) is 0 Å². The third-order valence-electron chi connectivity index (χ3n) is 3.20. The first-order valence-corrected chi connectivity index (χ1v) is 6.03. The number of carbonyl (C=O) groups excluding carboxylic acids is 1. The number of hydrogen-bond donors (Lipinski definition) is 1. The minimum absolute atomic E-state index is 0.139. The number of rotatable bonds is 5. The summed E-state index contributed by atoms with van der Waals surface area (Å²) in [6.07, 6.45) is 1.34. The molecule has 0 aliphatic carbocycles. The number of amides is 1. The highest BCUT2D eigenvalue weighted by Crippen LogP contribution is 2.27. The van der Waals surface area contributed by atoms with E-state index >= 15 is 0 Å². The number of likely N-dealkylation sites (tertiary alicyclic amines) is 1. The molecule has 4 heteroatoms. The van der Waals surface area contributed by atoms with Gasteiger partial charge in [0.05, 0.1) is 18.6 Å². The molecule has 1 heterocycles. The van der Waals surface area contributed by atoms with E-state index in [2.05, 4.69) is 0 Å². The van der Waals surface area contributed by atoms with E-state index in [0.29, 0.717) is 26.2 Å². The predicted molar refractivity (Wildman–Crippen MR) is 62.1 cm³/mol. The SMILES string of the molecule is CCOCCC(=O)N1CCC(C(C)(C)O)C1. The van der Waals surface area contributed by atoms with Crippen LogP contribution in [0.5, 0.6) is 0 Å². The van der Waals surface area contributed by atoms with Gasteiger partial charge in [-0.15, -0.1) is 0 Å². The summed E-state index contributed by atoms with van der Waals surface area (Å²) < 4.78 is 5.16. The lowest BCUT2D eigenvalue weighted by Gasteiger charge is -2.25. The first kappa shape index (κ1) is 13.5. The maximum atomic E-state index is 11.8. The Balaban J connectivity index is 2.32. The average molecular weight is 229 g/mol. The standard InChI is InChI=1S/C12H23NO3/c1-4-16-8-6-11(14)13-7-5-10(9-13)12(2,3)15/h10,15H,4-9H2,1-3H3. The van der Waals surface area contributed by atoms with E-state index in [0.717, 1.165) is 13.0 Å². The molecule has 0 aromatic heterocycles. The van der Waals surface area contributed by atoms with Crippen molar-refractivity contribution >= 4 is 5.91 Å². The second-order valence-electron chi connectivity index (χ2n) is 4.93. The van der Waals surface area contributed by atoms with Crippen LogP contribution in [-0.4, -0.2) is 47.8 Å². The summed E-state index contributed by atoms with van der Waals surface area (Å²) in [4.78, 5) is 13.6. The number of nitrogens with zero attached hydrogens (tertiary/aromatic N) is 1. The second kappa shape index (κ2) is 5.64. The van der Waals surface area contributed by atoms with E-state index in [1.54, 1.807) is 0 Å². The van der Waals surface area contributed by atoms with E-state index in [1.165, 1.54) is 0 Å². The van der Waals surface area contributed by atoms with Crippen molar-refractivity contribution in [3.63, 3.8) is 0 Å². The smallest absolute Gasteiger partial charge is 0.224 e. The molecule has 0 radical (unpaired) electrons. The van der Waals surface area contributed by atoms with Gasteiger partial charge in [-0.3, -0.25) is 4.79 Å². The Kier molecular flexibility index (Phi) is 4.74. The van der Waals surface area contributed by atoms with Crippen molar-refractivity contribution in [3.8, 4) is 0 Å². The summed E-state index contributed by atoms with van der Waals surface area (Å²) in [7, 11) is 0. The molecule has 1 atom stereocenters. The molecule has 1 amide bonds. The van der Waals surface area contributed by atoms with Crippen LogP contribution in [0.15, 0.2) is 0 Å². The first-order valence-electron chi connectivity index (χ1n) is 6.03. The lowest BCUT2D eigenvalue weighted by Crippen LogP contribution is -2.35. The monoisotopic (exact) mass is 229 g/mol. The fourth-order valence-electron chi connectivity index (χ4n) is 2.03. The van der Waals surface area contributed by atoms with Gasteiger partial charge >= 0.3 is 0 Å². The van der Waals surface area contributed by atoms with E-state index in [9.17, 15) is 9.90 Å². The lowest BCUT2D eigenvalue weighted by atomic mass is 9.90. The van der Waals surface area contributed by atoms with E-state index in [1.807, 2.05) is 25.7 Å². The quantitative estimate of drug-likeness (QED) is 0.716. The van der Waals surface area contributed by atoms with Crippen molar-refractivity contribution < 1.29 is 14.6 Å². The summed E-state index contributed by atoms with van der Waals surface area (Å²) in [5.41, 5.74) is -0.686. The highest BCUT2D eigenvalue weighted by molar-refractivity contribution is 5.76. The Hall–Kier alpha value is -0.610. The van der Waals surface area contributed by atoms with Crippen LogP contribution in [0.1, 0.15) is 33.6 Å². The van der Waals surface area contributed by atoms with Crippen molar-refractivity contribution in [3.05, 3.63) is 0 Å². The van der Waals surface area contributed by atoms with Crippen LogP contribution in [0.4, 0.5) is 0 Å². The third kappa shape index (κ3) is 3.76. The Morgan fingerprint density at radius 1 is 1.56 bits per heavy atom. The Morgan fingerprint density at radius 3 is 2.75 bits per heavy atom. The molecule has 1 aliphatic rings. The number of carbonyl (C=O) groups is 1. The molecule has 0 aromatic carbocycles. The molecule has 1 saturated heterocycles. The van der Waals surface area contributed by atoms with Gasteiger partial charge in [-0.1, -0.05) is 0 Å². The van der Waals surface area contributed by atoms with Gasteiger partial charge in [0.25, 0.3) is 0 Å². The van der Waals surface area contributed by atoms with E-state index < -0.39 is 5.60 Å². The summed E-state index contributed by atoms with van der Waals surface area (Å²) in [6, 6.07) is 0. The molecule has 1 aliphatic heterocycles. The molecule has 94 valence electrons. The predicted octanol–water partition coefficient (Wildman–Crippen LogP) is 1.03. The van der Waals surface area contributed by atoms with Gasteiger partial charge in [0.15, 0.2) is 0 Å². The Bertz CT molecular complexity index is 235. The van der Waals surface area contributed by atoms with Gasteiger partial charge in [0, 0.05) is 25.6 Å². The van der Waals surface area contributed by atoms with Crippen molar-refractivity contribution in [1.82, 2.24) is 4.90 Å². The molecule has 1 unspecified atom stereocenters. The molecular formula is C12H23NO3. The molecule has 1 rings (SSSR count). The Morgan fingerprint density at radius 2 is 2.25 bits per heavy atom. The maximum absolute atomic E-state index is 11.8. The van der Waals surface area contributed by atoms with Crippen LogP contribution in [0, 0.1) is 5.92 Å². The zero-order valence-electron chi connectivity index (χ0n) is 10.5. The normalized spacial score (nSPS) is 21.5. The van der Waals surface area contributed by atoms with Crippen LogP contribution in [0.2, 0.25) is 0 Å². The molecule has 1 N–H and O–H groups in total. The van der Waals surface area contributed by atoms with Gasteiger partial charge < -0.3 is 14.7 Å². The van der Waals surface area contributed by atoms with E-state index in [-0.39, 0.29) is 11.8 Å². The second-order valence-corrected chi connectivity index (χ2v) is 4.93. The average Bonchev–Trinajstić information content (AvgIpc) is 2.66. The number of aliphatic hydroxyl groups is 1. The van der Waals surface area contributed by atoms with Crippen LogP contribution >= 0.6 is 0 Å². The number of ether oxygens (including phenoxy) is 1. The molecule has 0 saturated carbocycles. The minimum Gasteiger partial charge on any atom is -0.390 e. The zero-order valence-corrected chi connectivity index (χ0v) is 10.5. The van der Waals surface area contributed by atoms with Crippen LogP contribution in [-0.2, 0) is 9.53 Å². The highest BCUT2D eigenvalue weighted by atomic mass is 16.5. The first-order chi connectivity index (χ1) is 7.45. The van der Waals surface area contributed by atoms with Crippen molar-refractivity contribution in [2.24, 2.45) is 5.92 Å². The topological polar surface area (TPSA) is 49.8 Å². The zero-order chi connectivity index (χ0) is 12.2. The fourth-order valence-corrected chi connectivity index (χ4v) is 2.03.